The van der Waals surface area contributed by atoms with Crippen LogP contribution in [0, 0.1) is 0 Å². The summed E-state index contributed by atoms with van der Waals surface area (Å²) < 4.78 is 16.4. The molecule has 2 unspecified atom stereocenters. The van der Waals surface area contributed by atoms with E-state index in [1.807, 2.05) is 12.1 Å². The van der Waals surface area contributed by atoms with E-state index in [9.17, 15) is 0 Å². The van der Waals surface area contributed by atoms with Gasteiger partial charge in [-0.3, -0.25) is 0 Å². The van der Waals surface area contributed by atoms with E-state index in [-0.39, 0.29) is 6.10 Å². The topological polar surface area (TPSA) is 59.6 Å². The van der Waals surface area contributed by atoms with Crippen molar-refractivity contribution in [2.45, 2.75) is 25.0 Å². The number of fused-ring (bicyclic) bond motifs is 1. The van der Waals surface area contributed by atoms with Gasteiger partial charge in [0.1, 0.15) is 25.3 Å². The molecule has 0 aliphatic carbocycles. The van der Waals surface area contributed by atoms with Crippen LogP contribution in [0.5, 0.6) is 5.75 Å². The standard InChI is InChI=1S/C21H23N3O3/c1-2-21(15-3-8-19-20(10-15)23-13-22-19)24(9-1)16-4-6-17(7-5-16)26-12-18-11-25-14-27-18/h3-8,10,13,18,21H,1-2,9,11-12,14H2,(H,22,23). The van der Waals surface area contributed by atoms with E-state index in [0.717, 1.165) is 29.7 Å². The van der Waals surface area contributed by atoms with Crippen LogP contribution in [-0.2, 0) is 9.47 Å². The van der Waals surface area contributed by atoms with Gasteiger partial charge in [0.25, 0.3) is 0 Å². The SMILES string of the molecule is c1nc2ccc(C3CCCN3c3ccc(OCC4COCO4)cc3)cc2[nH]1. The van der Waals surface area contributed by atoms with E-state index in [0.29, 0.717) is 26.0 Å². The monoisotopic (exact) mass is 365 g/mol. The first-order chi connectivity index (χ1) is 13.4. The number of H-pyrrole nitrogens is 1. The van der Waals surface area contributed by atoms with E-state index in [1.54, 1.807) is 6.33 Å². The first-order valence-electron chi connectivity index (χ1n) is 9.49. The molecule has 0 amide bonds. The van der Waals surface area contributed by atoms with Gasteiger partial charge in [0, 0.05) is 12.2 Å². The molecule has 3 aromatic rings. The van der Waals surface area contributed by atoms with Gasteiger partial charge in [0.2, 0.25) is 0 Å². The molecule has 0 spiro atoms. The molecule has 2 atom stereocenters. The maximum atomic E-state index is 5.82. The zero-order chi connectivity index (χ0) is 18.1. The number of imidazole rings is 1. The highest BCUT2D eigenvalue weighted by Gasteiger charge is 2.26. The average Bonchev–Trinajstić information content (AvgIpc) is 3.47. The summed E-state index contributed by atoms with van der Waals surface area (Å²) >= 11 is 0. The molecule has 140 valence electrons. The Morgan fingerprint density at radius 2 is 2.11 bits per heavy atom. The Balaban J connectivity index is 1.30. The molecule has 2 fully saturated rings. The van der Waals surface area contributed by atoms with Crippen molar-refractivity contribution in [3.8, 4) is 5.75 Å². The highest BCUT2D eigenvalue weighted by atomic mass is 16.7. The number of hydrogen-bond donors (Lipinski definition) is 1. The Morgan fingerprint density at radius 3 is 2.96 bits per heavy atom. The Kier molecular flexibility index (Phi) is 4.43. The summed E-state index contributed by atoms with van der Waals surface area (Å²) in [5.41, 5.74) is 4.68. The number of nitrogens with one attached hydrogen (secondary N) is 1. The molecule has 2 aromatic carbocycles. The Bertz CT molecular complexity index is 902. The number of hydrogen-bond acceptors (Lipinski definition) is 5. The van der Waals surface area contributed by atoms with Crippen LogP contribution in [0.3, 0.4) is 0 Å². The van der Waals surface area contributed by atoms with Gasteiger partial charge in [-0.15, -0.1) is 0 Å². The minimum atomic E-state index is 0.0324. The third-order valence-electron chi connectivity index (χ3n) is 5.38. The summed E-state index contributed by atoms with van der Waals surface area (Å²) in [4.78, 5) is 10.0. The zero-order valence-corrected chi connectivity index (χ0v) is 15.1. The number of benzene rings is 2. The first kappa shape index (κ1) is 16.6. The Morgan fingerprint density at radius 1 is 1.19 bits per heavy atom. The number of nitrogens with zero attached hydrogens (tertiary/aromatic N) is 2. The van der Waals surface area contributed by atoms with Gasteiger partial charge in [-0.2, -0.15) is 0 Å². The highest BCUT2D eigenvalue weighted by molar-refractivity contribution is 5.75. The van der Waals surface area contributed by atoms with Crippen molar-refractivity contribution in [3.63, 3.8) is 0 Å². The number of aromatic nitrogens is 2. The lowest BCUT2D eigenvalue weighted by Gasteiger charge is -2.27. The normalized spacial score (nSPS) is 22.6. The third kappa shape index (κ3) is 3.38. The molecular weight excluding hydrogens is 342 g/mol. The van der Waals surface area contributed by atoms with Gasteiger partial charge in [-0.1, -0.05) is 6.07 Å². The van der Waals surface area contributed by atoms with Gasteiger partial charge < -0.3 is 24.1 Å². The lowest BCUT2D eigenvalue weighted by Crippen LogP contribution is -2.22. The van der Waals surface area contributed by atoms with Crippen molar-refractivity contribution in [1.29, 1.82) is 0 Å². The van der Waals surface area contributed by atoms with Gasteiger partial charge in [0.15, 0.2) is 0 Å². The molecule has 0 bridgehead atoms. The largest absolute Gasteiger partial charge is 0.491 e. The molecule has 2 aliphatic heterocycles. The molecule has 1 N–H and O–H groups in total. The van der Waals surface area contributed by atoms with Crippen LogP contribution in [0.2, 0.25) is 0 Å². The summed E-state index contributed by atoms with van der Waals surface area (Å²) in [6.07, 6.45) is 4.15. The third-order valence-corrected chi connectivity index (χ3v) is 5.38. The molecule has 0 radical (unpaired) electrons. The lowest BCUT2D eigenvalue weighted by molar-refractivity contribution is 0.0320. The Labute approximate surface area is 158 Å². The van der Waals surface area contributed by atoms with Crippen LogP contribution in [0.4, 0.5) is 5.69 Å². The van der Waals surface area contributed by atoms with Crippen molar-refractivity contribution in [2.24, 2.45) is 0 Å². The fourth-order valence-electron chi connectivity index (χ4n) is 3.97. The minimum Gasteiger partial charge on any atom is -0.491 e. The first-order valence-corrected chi connectivity index (χ1v) is 9.49. The molecule has 6 heteroatoms. The predicted octanol–water partition coefficient (Wildman–Crippen LogP) is 3.66. The quantitative estimate of drug-likeness (QED) is 0.748. The van der Waals surface area contributed by atoms with E-state index in [1.165, 1.54) is 17.7 Å². The van der Waals surface area contributed by atoms with Gasteiger partial charge in [-0.05, 0) is 54.8 Å². The second-order valence-corrected chi connectivity index (χ2v) is 7.11. The molecule has 2 aliphatic rings. The van der Waals surface area contributed by atoms with Crippen molar-refractivity contribution < 1.29 is 14.2 Å². The van der Waals surface area contributed by atoms with Crippen molar-refractivity contribution in [2.75, 3.05) is 31.5 Å². The van der Waals surface area contributed by atoms with E-state index in [2.05, 4.69) is 45.2 Å². The van der Waals surface area contributed by atoms with E-state index >= 15 is 0 Å². The fraction of sp³-hybridized carbons (Fsp3) is 0.381. The number of aromatic amines is 1. The average molecular weight is 365 g/mol. The van der Waals surface area contributed by atoms with Crippen LogP contribution in [-0.4, -0.2) is 42.6 Å². The van der Waals surface area contributed by atoms with Gasteiger partial charge in [-0.25, -0.2) is 4.98 Å². The number of anilines is 1. The van der Waals surface area contributed by atoms with Crippen molar-refractivity contribution in [3.05, 3.63) is 54.4 Å². The van der Waals surface area contributed by atoms with Crippen LogP contribution in [0.25, 0.3) is 11.0 Å². The summed E-state index contributed by atoms with van der Waals surface area (Å²) in [6.45, 7) is 2.57. The van der Waals surface area contributed by atoms with E-state index in [4.69, 9.17) is 14.2 Å². The Hall–Kier alpha value is -2.57. The van der Waals surface area contributed by atoms with Gasteiger partial charge in [0.05, 0.1) is 30.0 Å². The minimum absolute atomic E-state index is 0.0324. The van der Waals surface area contributed by atoms with Crippen LogP contribution < -0.4 is 9.64 Å². The van der Waals surface area contributed by atoms with Crippen molar-refractivity contribution >= 4 is 16.7 Å². The number of rotatable bonds is 5. The molecular formula is C21H23N3O3. The zero-order valence-electron chi connectivity index (χ0n) is 15.1. The maximum absolute atomic E-state index is 5.82. The fourth-order valence-corrected chi connectivity index (χ4v) is 3.97. The summed E-state index contributed by atoms with van der Waals surface area (Å²) in [6, 6.07) is 15.3. The molecule has 5 rings (SSSR count). The smallest absolute Gasteiger partial charge is 0.147 e. The number of ether oxygens (including phenoxy) is 3. The molecule has 0 saturated carbocycles. The van der Waals surface area contributed by atoms with E-state index < -0.39 is 0 Å². The second-order valence-electron chi connectivity index (χ2n) is 7.11. The molecule has 6 nitrogen and oxygen atoms in total. The summed E-state index contributed by atoms with van der Waals surface area (Å²) in [5, 5.41) is 0. The predicted molar refractivity (Wildman–Crippen MR) is 103 cm³/mol. The van der Waals surface area contributed by atoms with Crippen molar-refractivity contribution in [1.82, 2.24) is 9.97 Å². The van der Waals surface area contributed by atoms with Crippen LogP contribution >= 0.6 is 0 Å². The molecule has 3 heterocycles. The maximum Gasteiger partial charge on any atom is 0.147 e. The molecule has 27 heavy (non-hydrogen) atoms. The molecule has 2 saturated heterocycles. The van der Waals surface area contributed by atoms with Crippen LogP contribution in [0.15, 0.2) is 48.8 Å². The molecule has 1 aromatic heterocycles. The summed E-state index contributed by atoms with van der Waals surface area (Å²) in [5.74, 6) is 0.865. The summed E-state index contributed by atoms with van der Waals surface area (Å²) in [7, 11) is 0. The highest BCUT2D eigenvalue weighted by Crippen LogP contribution is 2.37. The lowest BCUT2D eigenvalue weighted by atomic mass is 10.0. The van der Waals surface area contributed by atoms with Crippen LogP contribution in [0.1, 0.15) is 24.4 Å². The second kappa shape index (κ2) is 7.21. The van der Waals surface area contributed by atoms with Gasteiger partial charge >= 0.3 is 0 Å².